The highest BCUT2D eigenvalue weighted by Gasteiger charge is 2.27. The molecule has 0 saturated carbocycles. The van der Waals surface area contributed by atoms with Gasteiger partial charge in [0.2, 0.25) is 0 Å². The molecule has 0 N–H and O–H groups in total. The van der Waals surface area contributed by atoms with Crippen molar-refractivity contribution >= 4 is 15.9 Å². The van der Waals surface area contributed by atoms with Crippen LogP contribution in [0.2, 0.25) is 0 Å². The van der Waals surface area contributed by atoms with Crippen molar-refractivity contribution in [3.63, 3.8) is 0 Å². The Bertz CT molecular complexity index is 370. The van der Waals surface area contributed by atoms with Gasteiger partial charge < -0.3 is 4.74 Å². The number of benzene rings is 1. The van der Waals surface area contributed by atoms with E-state index in [1.807, 2.05) is 7.11 Å². The van der Waals surface area contributed by atoms with Crippen LogP contribution in [0.1, 0.15) is 31.2 Å². The van der Waals surface area contributed by atoms with Gasteiger partial charge in [0.05, 0.1) is 6.10 Å². The number of nitrogens with zero attached hydrogens (tertiary/aromatic N) is 1. The fourth-order valence-corrected chi connectivity index (χ4v) is 3.49. The van der Waals surface area contributed by atoms with Gasteiger partial charge in [0.25, 0.3) is 0 Å². The molecule has 3 atom stereocenters. The summed E-state index contributed by atoms with van der Waals surface area (Å²) in [5, 5.41) is 1.02. The minimum Gasteiger partial charge on any atom is -0.381 e. The van der Waals surface area contributed by atoms with Crippen molar-refractivity contribution in [2.45, 2.75) is 37.8 Å². The molecule has 19 heavy (non-hydrogen) atoms. The normalized spacial score (nSPS) is 26.3. The lowest BCUT2D eigenvalue weighted by molar-refractivity contribution is 0.0146. The Balaban J connectivity index is 1.96. The van der Waals surface area contributed by atoms with E-state index in [-0.39, 0.29) is 0 Å². The number of alkyl halides is 1. The van der Waals surface area contributed by atoms with Crippen molar-refractivity contribution in [3.05, 3.63) is 35.9 Å². The molecule has 2 nitrogen and oxygen atoms in total. The molecular formula is C16H24BrNO. The molecule has 0 aromatic heterocycles. The van der Waals surface area contributed by atoms with Gasteiger partial charge in [0.1, 0.15) is 0 Å². The second kappa shape index (κ2) is 7.41. The van der Waals surface area contributed by atoms with E-state index >= 15 is 0 Å². The molecule has 0 amide bonds. The minimum absolute atomic E-state index is 0.449. The third-order valence-electron chi connectivity index (χ3n) is 4.21. The standard InChI is InChI=1S/C16H24BrNO/c1-13-10-16(19-2)8-9-18(13)12-15(11-17)14-6-4-3-5-7-14/h3-7,13,15-16H,8-12H2,1-2H3. The van der Waals surface area contributed by atoms with Crippen LogP contribution in [0.4, 0.5) is 0 Å². The molecule has 3 heteroatoms. The van der Waals surface area contributed by atoms with Crippen LogP contribution in [-0.4, -0.2) is 42.6 Å². The van der Waals surface area contributed by atoms with E-state index < -0.39 is 0 Å². The maximum absolute atomic E-state index is 5.49. The highest BCUT2D eigenvalue weighted by atomic mass is 79.9. The molecular weight excluding hydrogens is 302 g/mol. The Morgan fingerprint density at radius 2 is 2.11 bits per heavy atom. The predicted molar refractivity (Wildman–Crippen MR) is 84.0 cm³/mol. The van der Waals surface area contributed by atoms with E-state index in [0.29, 0.717) is 18.1 Å². The summed E-state index contributed by atoms with van der Waals surface area (Å²) in [7, 11) is 1.83. The summed E-state index contributed by atoms with van der Waals surface area (Å²) in [5.74, 6) is 0.572. The Morgan fingerprint density at radius 3 is 2.68 bits per heavy atom. The van der Waals surface area contributed by atoms with Crippen LogP contribution in [0.3, 0.4) is 0 Å². The predicted octanol–water partition coefficient (Wildman–Crippen LogP) is 3.66. The maximum atomic E-state index is 5.49. The molecule has 1 saturated heterocycles. The Hall–Kier alpha value is -0.380. The molecule has 1 aliphatic heterocycles. The number of halogens is 1. The molecule has 106 valence electrons. The number of likely N-dealkylation sites (tertiary alicyclic amines) is 1. The fourth-order valence-electron chi connectivity index (χ4n) is 2.91. The number of hydrogen-bond acceptors (Lipinski definition) is 2. The van der Waals surface area contributed by atoms with Crippen LogP contribution < -0.4 is 0 Å². The van der Waals surface area contributed by atoms with Gasteiger partial charge in [-0.3, -0.25) is 4.90 Å². The highest BCUT2D eigenvalue weighted by molar-refractivity contribution is 9.09. The largest absolute Gasteiger partial charge is 0.381 e. The molecule has 1 aromatic carbocycles. The SMILES string of the molecule is COC1CCN(CC(CBr)c2ccccc2)C(C)C1. The first kappa shape index (κ1) is 15.0. The summed E-state index contributed by atoms with van der Waals surface area (Å²) in [6.45, 7) is 4.60. The van der Waals surface area contributed by atoms with Crippen LogP contribution >= 0.6 is 15.9 Å². The first-order valence-corrected chi connectivity index (χ1v) is 8.24. The Morgan fingerprint density at radius 1 is 1.37 bits per heavy atom. The van der Waals surface area contributed by atoms with Crippen LogP contribution in [0.25, 0.3) is 0 Å². The van der Waals surface area contributed by atoms with E-state index in [2.05, 4.69) is 58.1 Å². The number of piperidine rings is 1. The molecule has 0 bridgehead atoms. The number of methoxy groups -OCH3 is 1. The summed E-state index contributed by atoms with van der Waals surface area (Å²) in [5.41, 5.74) is 1.43. The molecule has 3 unspecified atom stereocenters. The van der Waals surface area contributed by atoms with Crippen LogP contribution in [-0.2, 0) is 4.74 Å². The minimum atomic E-state index is 0.449. The van der Waals surface area contributed by atoms with Crippen LogP contribution in [0, 0.1) is 0 Å². The topological polar surface area (TPSA) is 12.5 Å². The molecule has 0 radical (unpaired) electrons. The molecule has 0 aliphatic carbocycles. The van der Waals surface area contributed by atoms with Gasteiger partial charge in [0, 0.05) is 37.5 Å². The van der Waals surface area contributed by atoms with Crippen molar-refractivity contribution in [2.24, 2.45) is 0 Å². The van der Waals surface area contributed by atoms with E-state index in [9.17, 15) is 0 Å². The van der Waals surface area contributed by atoms with Gasteiger partial charge in [-0.15, -0.1) is 0 Å². The van der Waals surface area contributed by atoms with Gasteiger partial charge in [-0.1, -0.05) is 46.3 Å². The van der Waals surface area contributed by atoms with Crippen molar-refractivity contribution < 1.29 is 4.74 Å². The lowest BCUT2D eigenvalue weighted by atomic mass is 9.96. The first-order valence-electron chi connectivity index (χ1n) is 7.12. The van der Waals surface area contributed by atoms with Crippen LogP contribution in [0.15, 0.2) is 30.3 Å². The second-order valence-corrected chi connectivity index (χ2v) is 6.14. The van der Waals surface area contributed by atoms with E-state index in [4.69, 9.17) is 4.74 Å². The summed E-state index contributed by atoms with van der Waals surface area (Å²) < 4.78 is 5.49. The molecule has 0 spiro atoms. The third-order valence-corrected chi connectivity index (χ3v) is 4.99. The van der Waals surface area contributed by atoms with E-state index in [1.54, 1.807) is 0 Å². The summed E-state index contributed by atoms with van der Waals surface area (Å²) in [4.78, 5) is 2.61. The van der Waals surface area contributed by atoms with Crippen LogP contribution in [0.5, 0.6) is 0 Å². The van der Waals surface area contributed by atoms with Gasteiger partial charge in [-0.2, -0.15) is 0 Å². The highest BCUT2D eigenvalue weighted by Crippen LogP contribution is 2.25. The monoisotopic (exact) mass is 325 g/mol. The second-order valence-electron chi connectivity index (χ2n) is 5.49. The molecule has 1 aromatic rings. The van der Waals surface area contributed by atoms with Gasteiger partial charge >= 0.3 is 0 Å². The maximum Gasteiger partial charge on any atom is 0.0598 e. The smallest absolute Gasteiger partial charge is 0.0598 e. The summed E-state index contributed by atoms with van der Waals surface area (Å²) in [6, 6.07) is 11.4. The Kier molecular flexibility index (Phi) is 5.86. The molecule has 1 aliphatic rings. The van der Waals surface area contributed by atoms with Crippen molar-refractivity contribution in [1.29, 1.82) is 0 Å². The number of hydrogen-bond donors (Lipinski definition) is 0. The number of rotatable bonds is 5. The summed E-state index contributed by atoms with van der Waals surface area (Å²) >= 11 is 3.67. The lowest BCUT2D eigenvalue weighted by Crippen LogP contribution is -2.45. The fraction of sp³-hybridized carbons (Fsp3) is 0.625. The van der Waals surface area contributed by atoms with Gasteiger partial charge in [-0.25, -0.2) is 0 Å². The van der Waals surface area contributed by atoms with Crippen molar-refractivity contribution in [2.75, 3.05) is 25.5 Å². The van der Waals surface area contributed by atoms with Crippen molar-refractivity contribution in [3.8, 4) is 0 Å². The average Bonchev–Trinajstić information content (AvgIpc) is 2.47. The Labute approximate surface area is 125 Å². The van der Waals surface area contributed by atoms with E-state index in [1.165, 1.54) is 5.56 Å². The summed E-state index contributed by atoms with van der Waals surface area (Å²) in [6.07, 6.45) is 2.76. The lowest BCUT2D eigenvalue weighted by Gasteiger charge is -2.38. The zero-order valence-electron chi connectivity index (χ0n) is 11.9. The third kappa shape index (κ3) is 4.04. The molecule has 2 rings (SSSR count). The molecule has 1 fully saturated rings. The van der Waals surface area contributed by atoms with Gasteiger partial charge in [0.15, 0.2) is 0 Å². The molecule has 1 heterocycles. The number of ether oxygens (including phenoxy) is 1. The first-order chi connectivity index (χ1) is 9.24. The zero-order valence-corrected chi connectivity index (χ0v) is 13.5. The van der Waals surface area contributed by atoms with Gasteiger partial charge in [-0.05, 0) is 25.3 Å². The quantitative estimate of drug-likeness (QED) is 0.766. The van der Waals surface area contributed by atoms with E-state index in [0.717, 1.165) is 31.3 Å². The zero-order chi connectivity index (χ0) is 13.7. The van der Waals surface area contributed by atoms with Crippen molar-refractivity contribution in [1.82, 2.24) is 4.90 Å². The average molecular weight is 326 g/mol.